The molecule has 0 saturated heterocycles. The molecule has 0 amide bonds. The first-order valence-corrected chi connectivity index (χ1v) is 9.38. The molecular formula is C20H44. The Labute approximate surface area is 131 Å². The molecule has 0 heteroatoms. The normalized spacial score (nSPS) is 18.1. The molecule has 0 spiro atoms. The zero-order valence-corrected chi connectivity index (χ0v) is 16.1. The molecule has 0 heterocycles. The SMILES string of the molecule is CC.CC(C)C(C)C(C)CC1CCCC1.CCC(C)C. The van der Waals surface area contributed by atoms with Gasteiger partial charge in [0.05, 0.1) is 0 Å². The summed E-state index contributed by atoms with van der Waals surface area (Å²) in [5, 5.41) is 0. The van der Waals surface area contributed by atoms with Crippen LogP contribution in [0.4, 0.5) is 0 Å². The van der Waals surface area contributed by atoms with Gasteiger partial charge in [-0.1, -0.05) is 94.4 Å². The molecule has 1 saturated carbocycles. The lowest BCUT2D eigenvalue weighted by Crippen LogP contribution is -2.16. The molecule has 0 aromatic heterocycles. The Kier molecular flexibility index (Phi) is 15.6. The van der Waals surface area contributed by atoms with Crippen molar-refractivity contribution in [1.29, 1.82) is 0 Å². The monoisotopic (exact) mass is 284 g/mol. The van der Waals surface area contributed by atoms with Gasteiger partial charge in [-0.2, -0.15) is 0 Å². The second-order valence-electron chi connectivity index (χ2n) is 7.27. The quantitative estimate of drug-likeness (QED) is 0.488. The first-order chi connectivity index (χ1) is 9.38. The molecule has 1 rings (SSSR count). The summed E-state index contributed by atoms with van der Waals surface area (Å²) in [4.78, 5) is 0. The van der Waals surface area contributed by atoms with Crippen LogP contribution in [-0.4, -0.2) is 0 Å². The zero-order chi connectivity index (χ0) is 16.1. The summed E-state index contributed by atoms with van der Waals surface area (Å²) in [5.74, 6) is 4.64. The van der Waals surface area contributed by atoms with Gasteiger partial charge in [-0.15, -0.1) is 0 Å². The van der Waals surface area contributed by atoms with Crippen LogP contribution in [0.2, 0.25) is 0 Å². The third-order valence-corrected chi connectivity index (χ3v) is 4.95. The second-order valence-corrected chi connectivity index (χ2v) is 7.27. The van der Waals surface area contributed by atoms with Crippen LogP contribution in [-0.2, 0) is 0 Å². The van der Waals surface area contributed by atoms with Gasteiger partial charge >= 0.3 is 0 Å². The molecule has 0 nitrogen and oxygen atoms in total. The van der Waals surface area contributed by atoms with E-state index in [-0.39, 0.29) is 0 Å². The summed E-state index contributed by atoms with van der Waals surface area (Å²) in [5.41, 5.74) is 0. The van der Waals surface area contributed by atoms with Gasteiger partial charge in [0.25, 0.3) is 0 Å². The fourth-order valence-electron chi connectivity index (χ4n) is 2.64. The molecule has 20 heavy (non-hydrogen) atoms. The molecule has 2 unspecified atom stereocenters. The van der Waals surface area contributed by atoms with Gasteiger partial charge in [-0.3, -0.25) is 0 Å². The Morgan fingerprint density at radius 2 is 1.25 bits per heavy atom. The molecule has 1 aliphatic rings. The molecule has 0 aliphatic heterocycles. The molecule has 0 bridgehead atoms. The summed E-state index contributed by atoms with van der Waals surface area (Å²) in [7, 11) is 0. The minimum Gasteiger partial charge on any atom is -0.0683 e. The van der Waals surface area contributed by atoms with E-state index in [2.05, 4.69) is 48.5 Å². The van der Waals surface area contributed by atoms with E-state index >= 15 is 0 Å². The van der Waals surface area contributed by atoms with Crippen LogP contribution in [0, 0.1) is 29.6 Å². The van der Waals surface area contributed by atoms with E-state index in [1.807, 2.05) is 13.8 Å². The molecule has 1 fully saturated rings. The molecular weight excluding hydrogens is 240 g/mol. The maximum Gasteiger partial charge on any atom is -0.0394 e. The van der Waals surface area contributed by atoms with Crippen LogP contribution in [0.1, 0.15) is 101 Å². The fraction of sp³-hybridized carbons (Fsp3) is 1.00. The summed E-state index contributed by atoms with van der Waals surface area (Å²) < 4.78 is 0. The topological polar surface area (TPSA) is 0 Å². The standard InChI is InChI=1S/C13H26.C5H12.C2H6/c1-10(2)12(4)11(3)9-13-7-5-6-8-13;1-4-5(2)3;1-2/h10-13H,5-9H2,1-4H3;5H,4H2,1-3H3;1-2H3. The molecule has 0 aromatic rings. The van der Waals surface area contributed by atoms with Gasteiger partial charge in [-0.05, 0) is 36.0 Å². The average Bonchev–Trinajstić information content (AvgIpc) is 2.93. The van der Waals surface area contributed by atoms with Gasteiger partial charge < -0.3 is 0 Å². The van der Waals surface area contributed by atoms with Crippen molar-refractivity contribution < 1.29 is 0 Å². The van der Waals surface area contributed by atoms with E-state index in [1.165, 1.54) is 38.5 Å². The molecule has 1 aliphatic carbocycles. The van der Waals surface area contributed by atoms with Crippen LogP contribution < -0.4 is 0 Å². The van der Waals surface area contributed by atoms with Crippen LogP contribution >= 0.6 is 0 Å². The number of hydrogen-bond donors (Lipinski definition) is 0. The Hall–Kier alpha value is 0. The predicted octanol–water partition coefficient (Wildman–Crippen LogP) is 7.57. The van der Waals surface area contributed by atoms with Crippen molar-refractivity contribution in [3.8, 4) is 0 Å². The van der Waals surface area contributed by atoms with Crippen LogP contribution in [0.25, 0.3) is 0 Å². The minimum absolute atomic E-state index is 0.858. The van der Waals surface area contributed by atoms with E-state index in [4.69, 9.17) is 0 Å². The third kappa shape index (κ3) is 11.8. The predicted molar refractivity (Wildman–Crippen MR) is 96.2 cm³/mol. The molecule has 0 aromatic carbocycles. The highest BCUT2D eigenvalue weighted by atomic mass is 14.3. The Balaban J connectivity index is 0. The van der Waals surface area contributed by atoms with Gasteiger partial charge in [0.2, 0.25) is 0 Å². The smallest absolute Gasteiger partial charge is 0.0394 e. The highest BCUT2D eigenvalue weighted by Gasteiger charge is 2.22. The maximum atomic E-state index is 2.45. The Morgan fingerprint density at radius 3 is 1.55 bits per heavy atom. The van der Waals surface area contributed by atoms with Crippen molar-refractivity contribution in [2.75, 3.05) is 0 Å². The largest absolute Gasteiger partial charge is 0.0683 e. The lowest BCUT2D eigenvalue weighted by Gasteiger charge is -2.25. The van der Waals surface area contributed by atoms with Crippen molar-refractivity contribution in [2.45, 2.75) is 101 Å². The lowest BCUT2D eigenvalue weighted by atomic mass is 9.80. The second kappa shape index (κ2) is 14.0. The summed E-state index contributed by atoms with van der Waals surface area (Å²) in [6.45, 7) is 20.2. The van der Waals surface area contributed by atoms with Gasteiger partial charge in [0.1, 0.15) is 0 Å². The Morgan fingerprint density at radius 1 is 0.850 bits per heavy atom. The first-order valence-electron chi connectivity index (χ1n) is 9.38. The highest BCUT2D eigenvalue weighted by molar-refractivity contribution is 4.73. The third-order valence-electron chi connectivity index (χ3n) is 4.95. The number of hydrogen-bond acceptors (Lipinski definition) is 0. The number of rotatable bonds is 5. The molecule has 2 atom stereocenters. The van der Waals surface area contributed by atoms with E-state index in [9.17, 15) is 0 Å². The molecule has 124 valence electrons. The van der Waals surface area contributed by atoms with Gasteiger partial charge in [0.15, 0.2) is 0 Å². The van der Waals surface area contributed by atoms with Crippen LogP contribution in [0.15, 0.2) is 0 Å². The molecule has 0 N–H and O–H groups in total. The van der Waals surface area contributed by atoms with E-state index < -0.39 is 0 Å². The fourth-order valence-corrected chi connectivity index (χ4v) is 2.64. The van der Waals surface area contributed by atoms with Crippen LogP contribution in [0.3, 0.4) is 0 Å². The minimum atomic E-state index is 0.858. The summed E-state index contributed by atoms with van der Waals surface area (Å²) in [6.07, 6.45) is 8.80. The van der Waals surface area contributed by atoms with E-state index in [1.54, 1.807) is 0 Å². The highest BCUT2D eigenvalue weighted by Crippen LogP contribution is 2.34. The van der Waals surface area contributed by atoms with Gasteiger partial charge in [-0.25, -0.2) is 0 Å². The van der Waals surface area contributed by atoms with E-state index in [0.717, 1.165) is 29.6 Å². The summed E-state index contributed by atoms with van der Waals surface area (Å²) in [6, 6.07) is 0. The summed E-state index contributed by atoms with van der Waals surface area (Å²) >= 11 is 0. The van der Waals surface area contributed by atoms with E-state index in [0.29, 0.717) is 0 Å². The maximum absolute atomic E-state index is 2.45. The van der Waals surface area contributed by atoms with Gasteiger partial charge in [0, 0.05) is 0 Å². The first kappa shape index (κ1) is 22.3. The lowest BCUT2D eigenvalue weighted by molar-refractivity contribution is 0.248. The van der Waals surface area contributed by atoms with Crippen molar-refractivity contribution >= 4 is 0 Å². The van der Waals surface area contributed by atoms with Crippen molar-refractivity contribution in [1.82, 2.24) is 0 Å². The Bertz CT molecular complexity index is 174. The van der Waals surface area contributed by atoms with Crippen LogP contribution in [0.5, 0.6) is 0 Å². The van der Waals surface area contributed by atoms with Crippen molar-refractivity contribution in [3.05, 3.63) is 0 Å². The van der Waals surface area contributed by atoms with Crippen molar-refractivity contribution in [2.24, 2.45) is 29.6 Å². The average molecular weight is 285 g/mol. The zero-order valence-electron chi connectivity index (χ0n) is 16.1. The van der Waals surface area contributed by atoms with Crippen molar-refractivity contribution in [3.63, 3.8) is 0 Å². The molecule has 0 radical (unpaired) electrons.